The standard InChI is InChI=1S/C22H16FN5O2S/c1-11-2-5-13(6-3-11)31-10-17-18-20(28-27-17)30-19(25)15(9-24)22(18)14-8-12(23)4-7-16(14)26-21(22)29/h2-8H,10,25H2,1H3,(H,26,29)(H,27,28)/t22-/m1/s1. The van der Waals surface area contributed by atoms with Crippen LogP contribution in [0.5, 0.6) is 5.88 Å². The maximum Gasteiger partial charge on any atom is 0.245 e. The number of nitriles is 1. The number of nitrogens with one attached hydrogen (secondary N) is 2. The monoisotopic (exact) mass is 433 g/mol. The van der Waals surface area contributed by atoms with E-state index in [2.05, 4.69) is 15.5 Å². The zero-order chi connectivity index (χ0) is 21.8. The number of fused-ring (bicyclic) bond motifs is 4. The van der Waals surface area contributed by atoms with E-state index in [1.165, 1.54) is 30.0 Å². The smallest absolute Gasteiger partial charge is 0.245 e. The summed E-state index contributed by atoms with van der Waals surface area (Å²) in [4.78, 5) is 14.4. The molecule has 9 heteroatoms. The number of anilines is 1. The molecule has 0 saturated carbocycles. The molecule has 2 aliphatic rings. The Labute approximate surface area is 181 Å². The zero-order valence-corrected chi connectivity index (χ0v) is 17.1. The van der Waals surface area contributed by atoms with E-state index in [4.69, 9.17) is 10.5 Å². The molecule has 7 nitrogen and oxygen atoms in total. The fourth-order valence-electron chi connectivity index (χ4n) is 4.09. The van der Waals surface area contributed by atoms with Gasteiger partial charge in [0.15, 0.2) is 0 Å². The van der Waals surface area contributed by atoms with Gasteiger partial charge in [0.2, 0.25) is 17.7 Å². The van der Waals surface area contributed by atoms with Crippen LogP contribution >= 0.6 is 11.8 Å². The Hall–Kier alpha value is -3.77. The number of benzene rings is 2. The number of hydrogen-bond donors (Lipinski definition) is 3. The molecule has 0 bridgehead atoms. The number of aromatic nitrogens is 2. The van der Waals surface area contributed by atoms with Gasteiger partial charge < -0.3 is 15.8 Å². The Bertz CT molecular complexity index is 1310. The lowest BCUT2D eigenvalue weighted by Crippen LogP contribution is -2.42. The number of nitrogens with two attached hydrogens (primary N) is 1. The fourth-order valence-corrected chi connectivity index (χ4v) is 4.94. The number of carbonyl (C=O) groups is 1. The summed E-state index contributed by atoms with van der Waals surface area (Å²) < 4.78 is 19.8. The summed E-state index contributed by atoms with van der Waals surface area (Å²) in [5.74, 6) is -0.736. The topological polar surface area (TPSA) is 117 Å². The normalized spacial score (nSPS) is 18.9. The van der Waals surface area contributed by atoms with E-state index in [0.717, 1.165) is 10.5 Å². The fraction of sp³-hybridized carbons (Fsp3) is 0.136. The van der Waals surface area contributed by atoms with E-state index in [0.29, 0.717) is 28.3 Å². The van der Waals surface area contributed by atoms with Gasteiger partial charge in [-0.3, -0.25) is 9.89 Å². The summed E-state index contributed by atoms with van der Waals surface area (Å²) in [7, 11) is 0. The van der Waals surface area contributed by atoms with Gasteiger partial charge in [-0.2, -0.15) is 5.26 Å². The van der Waals surface area contributed by atoms with Crippen LogP contribution in [0.25, 0.3) is 0 Å². The highest BCUT2D eigenvalue weighted by atomic mass is 32.2. The lowest BCUT2D eigenvalue weighted by Gasteiger charge is -2.31. The lowest BCUT2D eigenvalue weighted by atomic mass is 9.69. The molecule has 1 aromatic heterocycles. The molecule has 2 aromatic carbocycles. The van der Waals surface area contributed by atoms with Crippen molar-refractivity contribution in [1.82, 2.24) is 10.2 Å². The van der Waals surface area contributed by atoms with Gasteiger partial charge in [0, 0.05) is 21.9 Å². The van der Waals surface area contributed by atoms with E-state index >= 15 is 0 Å². The van der Waals surface area contributed by atoms with Gasteiger partial charge in [-0.05, 0) is 37.3 Å². The average molecular weight is 433 g/mol. The second-order valence-electron chi connectivity index (χ2n) is 7.33. The Morgan fingerprint density at radius 3 is 2.81 bits per heavy atom. The number of hydrogen-bond acceptors (Lipinski definition) is 6. The summed E-state index contributed by atoms with van der Waals surface area (Å²) in [6.07, 6.45) is 0. The molecule has 0 saturated heterocycles. The molecular weight excluding hydrogens is 417 g/mol. The molecule has 2 aliphatic heterocycles. The molecular formula is C22H16FN5O2S. The molecule has 0 aliphatic carbocycles. The first kappa shape index (κ1) is 19.2. The van der Waals surface area contributed by atoms with Crippen molar-refractivity contribution in [2.45, 2.75) is 23.0 Å². The van der Waals surface area contributed by atoms with Gasteiger partial charge in [-0.1, -0.05) is 17.7 Å². The highest BCUT2D eigenvalue weighted by Gasteiger charge is 2.58. The minimum atomic E-state index is -1.64. The number of aryl methyl sites for hydroxylation is 1. The van der Waals surface area contributed by atoms with Crippen LogP contribution in [0.15, 0.2) is 58.8 Å². The minimum Gasteiger partial charge on any atom is -0.420 e. The van der Waals surface area contributed by atoms with Gasteiger partial charge in [0.25, 0.3) is 0 Å². The zero-order valence-electron chi connectivity index (χ0n) is 16.3. The van der Waals surface area contributed by atoms with Crippen LogP contribution in [0, 0.1) is 24.1 Å². The predicted molar refractivity (Wildman–Crippen MR) is 113 cm³/mol. The van der Waals surface area contributed by atoms with Crippen LogP contribution in [0.4, 0.5) is 10.1 Å². The summed E-state index contributed by atoms with van der Waals surface area (Å²) in [5, 5.41) is 19.8. The number of amides is 1. The van der Waals surface area contributed by atoms with Gasteiger partial charge in [-0.15, -0.1) is 16.9 Å². The molecule has 31 heavy (non-hydrogen) atoms. The Morgan fingerprint density at radius 1 is 1.29 bits per heavy atom. The van der Waals surface area contributed by atoms with Gasteiger partial charge in [-0.25, -0.2) is 4.39 Å². The number of nitrogens with zero attached hydrogens (tertiary/aromatic N) is 2. The second kappa shape index (κ2) is 6.89. The number of aromatic amines is 1. The lowest BCUT2D eigenvalue weighted by molar-refractivity contribution is -0.118. The van der Waals surface area contributed by atoms with Gasteiger partial charge in [0.05, 0.1) is 11.3 Å². The molecule has 1 amide bonds. The average Bonchev–Trinajstić information content (AvgIpc) is 3.27. The minimum absolute atomic E-state index is 0.0927. The molecule has 0 unspecified atom stereocenters. The summed E-state index contributed by atoms with van der Waals surface area (Å²) in [5.41, 5.74) is 7.11. The molecule has 1 spiro atoms. The van der Waals surface area contributed by atoms with Crippen molar-refractivity contribution in [2.75, 3.05) is 5.32 Å². The summed E-state index contributed by atoms with van der Waals surface area (Å²) in [6, 6.07) is 14.0. The first-order chi connectivity index (χ1) is 14.9. The number of rotatable bonds is 3. The van der Waals surface area contributed by atoms with Crippen molar-refractivity contribution in [1.29, 1.82) is 5.26 Å². The van der Waals surface area contributed by atoms with E-state index in [1.807, 2.05) is 37.3 Å². The third-order valence-electron chi connectivity index (χ3n) is 5.50. The van der Waals surface area contributed by atoms with Gasteiger partial charge in [0.1, 0.15) is 22.9 Å². The Balaban J connectivity index is 1.68. The van der Waals surface area contributed by atoms with Crippen molar-refractivity contribution in [2.24, 2.45) is 5.73 Å². The van der Waals surface area contributed by atoms with Crippen LogP contribution in [0.1, 0.15) is 22.4 Å². The molecule has 0 radical (unpaired) electrons. The molecule has 0 fully saturated rings. The highest BCUT2D eigenvalue weighted by molar-refractivity contribution is 7.98. The number of halogens is 1. The Kier molecular flexibility index (Phi) is 4.27. The SMILES string of the molecule is Cc1ccc(SCc2[nH]nc3c2[C@]2(C(=O)Nc4ccc(F)cc42)C(C#N)=C(N)O3)cc1. The number of thioether (sulfide) groups is 1. The molecule has 1 atom stereocenters. The molecule has 5 rings (SSSR count). The number of carbonyl (C=O) groups excluding carboxylic acids is 1. The molecule has 154 valence electrons. The van der Waals surface area contributed by atoms with E-state index in [9.17, 15) is 14.4 Å². The van der Waals surface area contributed by atoms with Crippen LogP contribution in [-0.2, 0) is 16.0 Å². The van der Waals surface area contributed by atoms with E-state index in [1.54, 1.807) is 0 Å². The summed E-state index contributed by atoms with van der Waals surface area (Å²) >= 11 is 1.53. The highest BCUT2D eigenvalue weighted by Crippen LogP contribution is 2.54. The number of H-pyrrole nitrogens is 1. The first-order valence-corrected chi connectivity index (χ1v) is 10.4. The van der Waals surface area contributed by atoms with Crippen molar-refractivity contribution < 1.29 is 13.9 Å². The quantitative estimate of drug-likeness (QED) is 0.545. The van der Waals surface area contributed by atoms with Crippen LogP contribution in [0.3, 0.4) is 0 Å². The third kappa shape index (κ3) is 2.72. The maximum atomic E-state index is 14.2. The van der Waals surface area contributed by atoms with Crippen molar-refractivity contribution in [3.63, 3.8) is 0 Å². The first-order valence-electron chi connectivity index (χ1n) is 9.42. The summed E-state index contributed by atoms with van der Waals surface area (Å²) in [6.45, 7) is 2.01. The molecule has 3 aromatic rings. The van der Waals surface area contributed by atoms with Crippen LogP contribution < -0.4 is 15.8 Å². The van der Waals surface area contributed by atoms with Crippen LogP contribution in [-0.4, -0.2) is 16.1 Å². The van der Waals surface area contributed by atoms with Gasteiger partial charge >= 0.3 is 0 Å². The van der Waals surface area contributed by atoms with Crippen molar-refractivity contribution >= 4 is 23.4 Å². The molecule has 4 N–H and O–H groups in total. The Morgan fingerprint density at radius 2 is 2.06 bits per heavy atom. The third-order valence-corrected chi connectivity index (χ3v) is 6.54. The predicted octanol–water partition coefficient (Wildman–Crippen LogP) is 3.47. The van der Waals surface area contributed by atoms with E-state index < -0.39 is 17.1 Å². The largest absolute Gasteiger partial charge is 0.420 e. The molecule has 3 heterocycles. The van der Waals surface area contributed by atoms with Crippen molar-refractivity contribution in [3.8, 4) is 11.9 Å². The van der Waals surface area contributed by atoms with Crippen molar-refractivity contribution in [3.05, 3.63) is 82.1 Å². The maximum absolute atomic E-state index is 14.2. The second-order valence-corrected chi connectivity index (χ2v) is 8.38. The van der Waals surface area contributed by atoms with E-state index in [-0.39, 0.29) is 17.3 Å². The number of ether oxygens (including phenoxy) is 1. The van der Waals surface area contributed by atoms with Crippen LogP contribution in [0.2, 0.25) is 0 Å².